The third-order valence-corrected chi connectivity index (χ3v) is 4.88. The van der Waals surface area contributed by atoms with E-state index in [0.29, 0.717) is 5.57 Å². The Balaban J connectivity index is 1.99. The summed E-state index contributed by atoms with van der Waals surface area (Å²) in [5.74, 6) is -0.422. The number of benzene rings is 1. The van der Waals surface area contributed by atoms with Crippen LogP contribution in [0.4, 0.5) is 0 Å². The summed E-state index contributed by atoms with van der Waals surface area (Å²) in [4.78, 5) is 25.1. The van der Waals surface area contributed by atoms with Crippen LogP contribution in [-0.4, -0.2) is 24.1 Å². The number of fused-ring (bicyclic) bond motifs is 2. The normalized spacial score (nSPS) is 23.7. The van der Waals surface area contributed by atoms with Crippen LogP contribution < -0.4 is 0 Å². The monoisotopic (exact) mass is 286 g/mol. The predicted octanol–water partition coefficient (Wildman–Crippen LogP) is 2.94. The molecule has 3 rings (SSSR count). The summed E-state index contributed by atoms with van der Waals surface area (Å²) in [6, 6.07) is 5.92. The summed E-state index contributed by atoms with van der Waals surface area (Å²) in [6.07, 6.45) is 5.34. The van der Waals surface area contributed by atoms with Gasteiger partial charge >= 0.3 is 5.97 Å². The van der Waals surface area contributed by atoms with Gasteiger partial charge in [-0.25, -0.2) is 4.79 Å². The lowest BCUT2D eigenvalue weighted by molar-refractivity contribution is -0.135. The minimum absolute atomic E-state index is 0.0307. The number of hydrogen-bond acceptors (Lipinski definition) is 4. The molecule has 20 heavy (non-hydrogen) atoms. The van der Waals surface area contributed by atoms with Crippen LogP contribution in [0.15, 0.2) is 46.9 Å². The number of Topliss-reactive ketones (excluding diaryl/α,β-unsaturated/α-hetero) is 1. The van der Waals surface area contributed by atoms with Crippen molar-refractivity contribution in [2.24, 2.45) is 5.92 Å². The van der Waals surface area contributed by atoms with Crippen molar-refractivity contribution in [1.29, 1.82) is 0 Å². The Morgan fingerprint density at radius 1 is 1.35 bits per heavy atom. The molecule has 0 N–H and O–H groups in total. The Morgan fingerprint density at radius 2 is 2.15 bits per heavy atom. The van der Waals surface area contributed by atoms with Gasteiger partial charge in [0.25, 0.3) is 0 Å². The van der Waals surface area contributed by atoms with E-state index < -0.39 is 0 Å². The Kier molecular flexibility index (Phi) is 3.26. The second-order valence-electron chi connectivity index (χ2n) is 4.94. The first kappa shape index (κ1) is 13.2. The molecule has 0 radical (unpaired) electrons. The molecule has 1 aromatic carbocycles. The van der Waals surface area contributed by atoms with Gasteiger partial charge in [-0.1, -0.05) is 29.9 Å². The lowest BCUT2D eigenvalue weighted by atomic mass is 9.88. The first-order valence-corrected chi connectivity index (χ1v) is 7.28. The molecule has 102 valence electrons. The van der Waals surface area contributed by atoms with E-state index in [1.807, 2.05) is 37.3 Å². The molecule has 0 spiro atoms. The van der Waals surface area contributed by atoms with Gasteiger partial charge < -0.3 is 4.74 Å². The van der Waals surface area contributed by atoms with Crippen LogP contribution in [0.5, 0.6) is 0 Å². The van der Waals surface area contributed by atoms with Crippen molar-refractivity contribution in [1.82, 2.24) is 0 Å². The number of allylic oxidation sites excluding steroid dienone is 1. The lowest BCUT2D eigenvalue weighted by Crippen LogP contribution is -2.30. The Labute approximate surface area is 121 Å². The van der Waals surface area contributed by atoms with Crippen molar-refractivity contribution in [3.05, 3.63) is 53.1 Å². The highest BCUT2D eigenvalue weighted by molar-refractivity contribution is 8.00. The second-order valence-corrected chi connectivity index (χ2v) is 6.16. The highest BCUT2D eigenvalue weighted by Gasteiger charge is 2.35. The lowest BCUT2D eigenvalue weighted by Gasteiger charge is -2.30. The summed E-state index contributed by atoms with van der Waals surface area (Å²) in [5.41, 5.74) is 2.39. The van der Waals surface area contributed by atoms with E-state index >= 15 is 0 Å². The molecule has 1 heterocycles. The van der Waals surface area contributed by atoms with Crippen LogP contribution in [-0.2, 0) is 9.53 Å². The summed E-state index contributed by atoms with van der Waals surface area (Å²) < 4.78 is 4.73. The van der Waals surface area contributed by atoms with Crippen LogP contribution in [0, 0.1) is 12.8 Å². The molecule has 0 bridgehead atoms. The fourth-order valence-electron chi connectivity index (χ4n) is 2.52. The third kappa shape index (κ3) is 2.10. The number of carbonyl (C=O) groups excluding carboxylic acids is 2. The van der Waals surface area contributed by atoms with Crippen LogP contribution >= 0.6 is 11.8 Å². The van der Waals surface area contributed by atoms with Crippen molar-refractivity contribution < 1.29 is 14.3 Å². The summed E-state index contributed by atoms with van der Waals surface area (Å²) in [6.45, 7) is 1.98. The van der Waals surface area contributed by atoms with Crippen LogP contribution in [0.25, 0.3) is 0 Å². The molecule has 1 aliphatic carbocycles. The molecule has 2 aliphatic rings. The number of aryl methyl sites for hydroxylation is 1. The summed E-state index contributed by atoms with van der Waals surface area (Å²) in [5, 5.41) is -0.0307. The predicted molar refractivity (Wildman–Crippen MR) is 77.9 cm³/mol. The minimum atomic E-state index is -0.359. The number of rotatable bonds is 1. The van der Waals surface area contributed by atoms with Gasteiger partial charge in [-0.2, -0.15) is 0 Å². The number of methoxy groups -OCH3 is 1. The van der Waals surface area contributed by atoms with Crippen LogP contribution in [0.1, 0.15) is 15.9 Å². The summed E-state index contributed by atoms with van der Waals surface area (Å²) >= 11 is 1.63. The van der Waals surface area contributed by atoms with Crippen molar-refractivity contribution in [2.45, 2.75) is 17.1 Å². The largest absolute Gasteiger partial charge is 0.465 e. The Hall–Kier alpha value is -1.81. The van der Waals surface area contributed by atoms with E-state index in [4.69, 9.17) is 4.74 Å². The fraction of sp³-hybridized carbons (Fsp3) is 0.250. The van der Waals surface area contributed by atoms with Gasteiger partial charge in [0.15, 0.2) is 5.78 Å². The van der Waals surface area contributed by atoms with Gasteiger partial charge in [0, 0.05) is 15.7 Å². The van der Waals surface area contributed by atoms with Gasteiger partial charge in [-0.15, -0.1) is 11.8 Å². The molecule has 1 aliphatic heterocycles. The maximum atomic E-state index is 12.5. The standard InChI is InChI=1S/C16H14O3S/c1-9-3-6-13-12(7-9)15(17)11-5-4-10(16(18)19-2)8-14(11)20-13/h3-8,11,14H,1-2H3. The highest BCUT2D eigenvalue weighted by atomic mass is 32.2. The fourth-order valence-corrected chi connectivity index (χ4v) is 3.82. The molecule has 0 aromatic heterocycles. The third-order valence-electron chi connectivity index (χ3n) is 3.57. The van der Waals surface area contributed by atoms with Crippen molar-refractivity contribution in [3.63, 3.8) is 0 Å². The first-order chi connectivity index (χ1) is 9.60. The molecule has 2 unspecified atom stereocenters. The number of carbonyl (C=O) groups is 2. The molecule has 1 aromatic rings. The number of ether oxygens (including phenoxy) is 1. The van der Waals surface area contributed by atoms with Gasteiger partial charge in [0.05, 0.1) is 18.6 Å². The minimum Gasteiger partial charge on any atom is -0.465 e. The zero-order chi connectivity index (χ0) is 14.3. The number of ketones is 1. The second kappa shape index (κ2) is 4.94. The molecule has 3 nitrogen and oxygen atoms in total. The van der Waals surface area contributed by atoms with Crippen LogP contribution in [0.3, 0.4) is 0 Å². The maximum Gasteiger partial charge on any atom is 0.337 e. The van der Waals surface area contributed by atoms with E-state index in [1.54, 1.807) is 17.8 Å². The van der Waals surface area contributed by atoms with E-state index in [0.717, 1.165) is 16.0 Å². The van der Waals surface area contributed by atoms with E-state index in [2.05, 4.69) is 0 Å². The molecule has 0 amide bonds. The molecule has 0 saturated carbocycles. The summed E-state index contributed by atoms with van der Waals surface area (Å²) in [7, 11) is 1.36. The number of thioether (sulfide) groups is 1. The van der Waals surface area contributed by atoms with Crippen LogP contribution in [0.2, 0.25) is 0 Å². The van der Waals surface area contributed by atoms with E-state index in [-0.39, 0.29) is 22.9 Å². The smallest absolute Gasteiger partial charge is 0.337 e. The Morgan fingerprint density at radius 3 is 2.90 bits per heavy atom. The Bertz CT molecular complexity index is 658. The molecule has 0 fully saturated rings. The first-order valence-electron chi connectivity index (χ1n) is 6.40. The molecule has 2 atom stereocenters. The van der Waals surface area contributed by atoms with E-state index in [9.17, 15) is 9.59 Å². The quantitative estimate of drug-likeness (QED) is 0.745. The molecular weight excluding hydrogens is 272 g/mol. The molecule has 4 heteroatoms. The zero-order valence-electron chi connectivity index (χ0n) is 11.3. The average molecular weight is 286 g/mol. The number of esters is 1. The van der Waals surface area contributed by atoms with Crippen molar-refractivity contribution >= 4 is 23.5 Å². The zero-order valence-corrected chi connectivity index (χ0v) is 12.1. The van der Waals surface area contributed by atoms with Gasteiger partial charge in [-0.3, -0.25) is 4.79 Å². The van der Waals surface area contributed by atoms with Gasteiger partial charge in [-0.05, 0) is 19.1 Å². The molecule has 0 saturated heterocycles. The highest BCUT2D eigenvalue weighted by Crippen LogP contribution is 2.42. The maximum absolute atomic E-state index is 12.5. The van der Waals surface area contributed by atoms with Gasteiger partial charge in [0.2, 0.25) is 0 Å². The van der Waals surface area contributed by atoms with E-state index in [1.165, 1.54) is 7.11 Å². The topological polar surface area (TPSA) is 43.4 Å². The van der Waals surface area contributed by atoms with Crippen molar-refractivity contribution in [2.75, 3.05) is 7.11 Å². The average Bonchev–Trinajstić information content (AvgIpc) is 2.47. The number of hydrogen-bond donors (Lipinski definition) is 0. The SMILES string of the molecule is COC(=O)C1=CC2Sc3ccc(C)cc3C(=O)C2C=C1. The van der Waals surface area contributed by atoms with Crippen molar-refractivity contribution in [3.8, 4) is 0 Å². The van der Waals surface area contributed by atoms with Gasteiger partial charge in [0.1, 0.15) is 0 Å². The molecular formula is C16H14O3S.